The van der Waals surface area contributed by atoms with Crippen molar-refractivity contribution >= 4 is 85.8 Å². The van der Waals surface area contributed by atoms with E-state index in [1.54, 1.807) is 0 Å². The second kappa shape index (κ2) is 6.45. The summed E-state index contributed by atoms with van der Waals surface area (Å²) < 4.78 is 0.425. The lowest BCUT2D eigenvalue weighted by atomic mass is 10.1. The van der Waals surface area contributed by atoms with E-state index in [0.29, 0.717) is 9.37 Å². The molecule has 0 saturated carbocycles. The van der Waals surface area contributed by atoms with Crippen LogP contribution in [0.15, 0.2) is 22.7 Å². The van der Waals surface area contributed by atoms with E-state index in [1.165, 1.54) is 18.2 Å². The van der Waals surface area contributed by atoms with Crippen molar-refractivity contribution in [2.75, 3.05) is 4.90 Å². The molecular weight excluding hydrogens is 480 g/mol. The molecule has 2 aromatic carbocycles. The number of carboxylic acids is 1. The molecule has 0 aliphatic carbocycles. The molecule has 0 fully saturated rings. The first kappa shape index (κ1) is 18.5. The highest BCUT2D eigenvalue weighted by atomic mass is 79.9. The second-order valence-electron chi connectivity index (χ2n) is 4.90. The van der Waals surface area contributed by atoms with E-state index < -0.39 is 17.8 Å². The maximum atomic E-state index is 12.7. The molecule has 2 amide bonds. The molecule has 0 saturated heterocycles. The first-order valence-corrected chi connectivity index (χ1v) is 8.73. The Morgan fingerprint density at radius 2 is 1.40 bits per heavy atom. The van der Waals surface area contributed by atoms with Gasteiger partial charge in [0, 0.05) is 10.0 Å². The van der Waals surface area contributed by atoms with Crippen LogP contribution in [-0.4, -0.2) is 17.8 Å². The zero-order valence-corrected chi connectivity index (χ0v) is 16.3. The average molecular weight is 483 g/mol. The van der Waals surface area contributed by atoms with E-state index >= 15 is 0 Å². The van der Waals surface area contributed by atoms with Crippen molar-refractivity contribution in [3.8, 4) is 0 Å². The van der Waals surface area contributed by atoms with Gasteiger partial charge < -0.3 is 9.90 Å². The zero-order valence-electron chi connectivity index (χ0n) is 11.7. The summed E-state index contributed by atoms with van der Waals surface area (Å²) in [4.78, 5) is 37.5. The summed E-state index contributed by atoms with van der Waals surface area (Å²) in [5.41, 5.74) is -1.03. The van der Waals surface area contributed by atoms with Crippen LogP contribution >= 0.6 is 62.3 Å². The number of amides is 2. The fourth-order valence-electron chi connectivity index (χ4n) is 2.43. The molecule has 1 heterocycles. The number of hydrogen-bond donors (Lipinski definition) is 0. The highest BCUT2D eigenvalue weighted by molar-refractivity contribution is 9.10. The van der Waals surface area contributed by atoms with Crippen molar-refractivity contribution in [2.24, 2.45) is 0 Å². The summed E-state index contributed by atoms with van der Waals surface area (Å²) in [5, 5.41) is 10.6. The van der Waals surface area contributed by atoms with Crippen LogP contribution in [0.5, 0.6) is 0 Å². The fourth-order valence-corrected chi connectivity index (χ4v) is 3.81. The highest BCUT2D eigenvalue weighted by Gasteiger charge is 2.43. The first-order valence-electron chi connectivity index (χ1n) is 6.42. The fraction of sp³-hybridized carbons (Fsp3) is 0. The van der Waals surface area contributed by atoms with Gasteiger partial charge in [0.05, 0.1) is 42.9 Å². The number of benzene rings is 2. The molecule has 0 radical (unpaired) electrons. The van der Waals surface area contributed by atoms with Gasteiger partial charge in [0.2, 0.25) is 0 Å². The third-order valence-electron chi connectivity index (χ3n) is 3.52. The number of fused-ring (bicyclic) bond motifs is 1. The molecule has 2 aromatic rings. The number of rotatable bonds is 2. The number of halogens is 5. The third-order valence-corrected chi connectivity index (χ3v) is 5.82. The maximum Gasteiger partial charge on any atom is 0.267 e. The Kier molecular flexibility index (Phi) is 4.77. The lowest BCUT2D eigenvalue weighted by Crippen LogP contribution is -2.33. The van der Waals surface area contributed by atoms with Gasteiger partial charge in [0.25, 0.3) is 11.8 Å². The molecule has 5 nitrogen and oxygen atoms in total. The van der Waals surface area contributed by atoms with Crippen LogP contribution in [0.25, 0.3) is 0 Å². The molecule has 0 atom stereocenters. The third kappa shape index (κ3) is 2.73. The summed E-state index contributed by atoms with van der Waals surface area (Å²) in [7, 11) is 0. The number of hydrogen-bond acceptors (Lipinski definition) is 4. The van der Waals surface area contributed by atoms with Gasteiger partial charge in [-0.2, -0.15) is 0 Å². The van der Waals surface area contributed by atoms with E-state index in [0.717, 1.165) is 0 Å². The van der Waals surface area contributed by atoms with Gasteiger partial charge in [0.1, 0.15) is 0 Å². The molecule has 25 heavy (non-hydrogen) atoms. The van der Waals surface area contributed by atoms with Crippen molar-refractivity contribution < 1.29 is 19.5 Å². The van der Waals surface area contributed by atoms with Gasteiger partial charge in [-0.05, 0) is 18.2 Å². The number of imide groups is 1. The molecule has 0 N–H and O–H groups in total. The Bertz CT molecular complexity index is 945. The number of anilines is 1. The van der Waals surface area contributed by atoms with E-state index in [9.17, 15) is 19.5 Å². The Labute approximate surface area is 169 Å². The predicted molar refractivity (Wildman–Crippen MR) is 96.1 cm³/mol. The number of carboxylic acid groups (broad SMARTS) is 1. The molecule has 0 unspecified atom stereocenters. The Balaban J connectivity index is 2.29. The zero-order chi connectivity index (χ0) is 18.6. The van der Waals surface area contributed by atoms with Crippen molar-refractivity contribution in [3.05, 3.63) is 59.5 Å². The summed E-state index contributed by atoms with van der Waals surface area (Å²) in [6, 6.07) is 3.95. The second-order valence-corrected chi connectivity index (χ2v) is 7.33. The largest absolute Gasteiger partial charge is 0.545 e. The monoisotopic (exact) mass is 480 g/mol. The van der Waals surface area contributed by atoms with E-state index in [-0.39, 0.29) is 42.5 Å². The summed E-state index contributed by atoms with van der Waals surface area (Å²) in [6.07, 6.45) is 0. The van der Waals surface area contributed by atoms with Gasteiger partial charge in [-0.25, -0.2) is 4.90 Å². The van der Waals surface area contributed by atoms with Gasteiger partial charge in [-0.3, -0.25) is 9.59 Å². The van der Waals surface area contributed by atoms with Crippen molar-refractivity contribution in [3.63, 3.8) is 0 Å². The molecule has 1 aliphatic heterocycles. The van der Waals surface area contributed by atoms with E-state index in [4.69, 9.17) is 46.4 Å². The summed E-state index contributed by atoms with van der Waals surface area (Å²) in [6.45, 7) is 0. The molecule has 3 rings (SSSR count). The van der Waals surface area contributed by atoms with Crippen molar-refractivity contribution in [1.29, 1.82) is 0 Å². The number of carbonyl (C=O) groups is 3. The number of nitrogens with zero attached hydrogens (tertiary/aromatic N) is 1. The van der Waals surface area contributed by atoms with Gasteiger partial charge in [-0.15, -0.1) is 0 Å². The maximum absolute atomic E-state index is 12.7. The minimum Gasteiger partial charge on any atom is -0.545 e. The van der Waals surface area contributed by atoms with Crippen LogP contribution < -0.4 is 10.0 Å². The lowest BCUT2D eigenvalue weighted by Gasteiger charge is -2.19. The predicted octanol–water partition coefficient (Wildman–Crippen LogP) is 4.23. The smallest absolute Gasteiger partial charge is 0.267 e. The summed E-state index contributed by atoms with van der Waals surface area (Å²) >= 11 is 27.1. The molecule has 0 aromatic heterocycles. The van der Waals surface area contributed by atoms with Gasteiger partial charge >= 0.3 is 0 Å². The van der Waals surface area contributed by atoms with Crippen LogP contribution in [-0.2, 0) is 0 Å². The topological polar surface area (TPSA) is 77.5 Å². The quantitative estimate of drug-likeness (QED) is 0.364. The summed E-state index contributed by atoms with van der Waals surface area (Å²) in [5.74, 6) is -3.30. The standard InChI is InChI=1S/C15H4BrCl4NO4/c16-4-1-2-6(5(3-4)15(24)25)21-13(22)7-8(14(21)23)10(18)12(20)11(19)9(7)17/h1-3H,(H,24,25)/p-1. The minimum atomic E-state index is -1.57. The van der Waals surface area contributed by atoms with Crippen LogP contribution in [0.3, 0.4) is 0 Å². The van der Waals surface area contributed by atoms with E-state index in [2.05, 4.69) is 15.9 Å². The number of carbonyl (C=O) groups excluding carboxylic acids is 3. The first-order chi connectivity index (χ1) is 11.7. The number of aromatic carboxylic acids is 1. The molecule has 0 spiro atoms. The average Bonchev–Trinajstić information content (AvgIpc) is 2.82. The van der Waals surface area contributed by atoms with E-state index in [1.807, 2.05) is 0 Å². The molecule has 0 bridgehead atoms. The van der Waals surface area contributed by atoms with Crippen LogP contribution in [0.1, 0.15) is 31.1 Å². The van der Waals surface area contributed by atoms with Gasteiger partial charge in [0.15, 0.2) is 0 Å². The Morgan fingerprint density at radius 1 is 0.920 bits per heavy atom. The lowest BCUT2D eigenvalue weighted by molar-refractivity contribution is -0.254. The van der Waals surface area contributed by atoms with Crippen molar-refractivity contribution in [1.82, 2.24) is 0 Å². The Hall–Kier alpha value is -1.31. The molecule has 1 aliphatic rings. The minimum absolute atomic E-state index is 0.175. The highest BCUT2D eigenvalue weighted by Crippen LogP contribution is 2.46. The normalized spacial score (nSPS) is 13.4. The molecule has 128 valence electrons. The SMILES string of the molecule is O=C([O-])c1cc(Br)ccc1N1C(=O)c2c(Cl)c(Cl)c(Cl)c(Cl)c2C1=O. The van der Waals surface area contributed by atoms with Crippen LogP contribution in [0.2, 0.25) is 20.1 Å². The van der Waals surface area contributed by atoms with Crippen LogP contribution in [0, 0.1) is 0 Å². The van der Waals surface area contributed by atoms with Crippen molar-refractivity contribution in [2.45, 2.75) is 0 Å². The molecular formula is C15H3BrCl4NO4-. The molecule has 10 heteroatoms. The van der Waals surface area contributed by atoms with Crippen LogP contribution in [0.4, 0.5) is 5.69 Å². The van der Waals surface area contributed by atoms with Gasteiger partial charge in [-0.1, -0.05) is 62.3 Å². The Morgan fingerprint density at radius 3 is 1.84 bits per heavy atom.